The van der Waals surface area contributed by atoms with Gasteiger partial charge in [-0.1, -0.05) is 6.07 Å². The number of pyridine rings is 1. The number of fused-ring (bicyclic) bond motifs is 2. The number of aromatic nitrogens is 6. The molecule has 0 aliphatic carbocycles. The molecule has 25 heavy (non-hydrogen) atoms. The molecule has 0 atom stereocenters. The number of aryl methyl sites for hydroxylation is 2. The molecule has 4 aromatic heterocycles. The smallest absolute Gasteiger partial charge is 0.137 e. The van der Waals surface area contributed by atoms with Gasteiger partial charge in [0.25, 0.3) is 0 Å². The molecule has 122 valence electrons. The summed E-state index contributed by atoms with van der Waals surface area (Å²) >= 11 is 0. The fraction of sp³-hybridized carbons (Fsp3) is 0.105. The fourth-order valence-electron chi connectivity index (χ4n) is 3.29. The normalized spacial score (nSPS) is 11.6. The van der Waals surface area contributed by atoms with Crippen molar-refractivity contribution in [2.45, 2.75) is 0 Å². The third kappa shape index (κ3) is 2.22. The molecule has 0 aliphatic rings. The number of rotatable bonds is 2. The van der Waals surface area contributed by atoms with E-state index >= 15 is 0 Å². The molecule has 0 amide bonds. The molecular weight excluding hydrogens is 312 g/mol. The topological polar surface area (TPSA) is 64.3 Å². The molecule has 1 N–H and O–H groups in total. The summed E-state index contributed by atoms with van der Waals surface area (Å²) in [5.41, 5.74) is 6.29. The van der Waals surface area contributed by atoms with Crippen molar-refractivity contribution in [2.24, 2.45) is 14.1 Å². The van der Waals surface area contributed by atoms with Gasteiger partial charge in [-0.2, -0.15) is 10.2 Å². The van der Waals surface area contributed by atoms with Crippen LogP contribution in [0.25, 0.3) is 44.2 Å². The van der Waals surface area contributed by atoms with Crippen LogP contribution in [-0.2, 0) is 14.1 Å². The lowest BCUT2D eigenvalue weighted by atomic mass is 10.0. The molecule has 0 bridgehead atoms. The number of hydrogen-bond acceptors (Lipinski definition) is 3. The van der Waals surface area contributed by atoms with Crippen molar-refractivity contribution in [1.82, 2.24) is 29.5 Å². The molecular formula is C19H16N6. The average molecular weight is 328 g/mol. The van der Waals surface area contributed by atoms with E-state index in [4.69, 9.17) is 0 Å². The third-order valence-electron chi connectivity index (χ3n) is 4.50. The van der Waals surface area contributed by atoms with E-state index < -0.39 is 0 Å². The molecule has 5 aromatic rings. The Labute approximate surface area is 143 Å². The zero-order chi connectivity index (χ0) is 17.0. The van der Waals surface area contributed by atoms with E-state index in [-0.39, 0.29) is 0 Å². The highest BCUT2D eigenvalue weighted by Crippen LogP contribution is 2.32. The van der Waals surface area contributed by atoms with E-state index in [0.717, 1.165) is 44.2 Å². The predicted octanol–water partition coefficient (Wildman–Crippen LogP) is 3.52. The Hall–Kier alpha value is -3.41. The Morgan fingerprint density at radius 3 is 2.68 bits per heavy atom. The first kappa shape index (κ1) is 14.0. The van der Waals surface area contributed by atoms with Crippen LogP contribution >= 0.6 is 0 Å². The van der Waals surface area contributed by atoms with Crippen molar-refractivity contribution in [3.05, 3.63) is 55.2 Å². The van der Waals surface area contributed by atoms with Gasteiger partial charge >= 0.3 is 0 Å². The van der Waals surface area contributed by atoms with Crippen LogP contribution in [-0.4, -0.2) is 29.5 Å². The maximum absolute atomic E-state index is 4.57. The molecule has 1 aromatic carbocycles. The van der Waals surface area contributed by atoms with Crippen LogP contribution in [0.4, 0.5) is 0 Å². The summed E-state index contributed by atoms with van der Waals surface area (Å²) in [7, 11) is 3.86. The second-order valence-corrected chi connectivity index (χ2v) is 6.30. The van der Waals surface area contributed by atoms with Crippen LogP contribution in [0.2, 0.25) is 0 Å². The fourth-order valence-corrected chi connectivity index (χ4v) is 3.29. The molecule has 6 heteroatoms. The highest BCUT2D eigenvalue weighted by Gasteiger charge is 2.11. The first-order valence-corrected chi connectivity index (χ1v) is 8.07. The van der Waals surface area contributed by atoms with Crippen molar-refractivity contribution in [2.75, 3.05) is 0 Å². The van der Waals surface area contributed by atoms with Crippen molar-refractivity contribution >= 4 is 21.9 Å². The minimum Gasteiger partial charge on any atom is -0.346 e. The minimum atomic E-state index is 0.883. The summed E-state index contributed by atoms with van der Waals surface area (Å²) in [5.74, 6) is 0. The monoisotopic (exact) mass is 328 g/mol. The molecule has 0 saturated carbocycles. The largest absolute Gasteiger partial charge is 0.346 e. The third-order valence-corrected chi connectivity index (χ3v) is 4.50. The van der Waals surface area contributed by atoms with Gasteiger partial charge in [-0.25, -0.2) is 4.98 Å². The zero-order valence-corrected chi connectivity index (χ0v) is 13.9. The predicted molar refractivity (Wildman–Crippen MR) is 98.0 cm³/mol. The van der Waals surface area contributed by atoms with Crippen LogP contribution in [0, 0.1) is 0 Å². The Morgan fingerprint density at radius 1 is 0.920 bits per heavy atom. The molecule has 5 rings (SSSR count). The summed E-state index contributed by atoms with van der Waals surface area (Å²) in [6.07, 6.45) is 9.78. The van der Waals surface area contributed by atoms with Gasteiger partial charge in [0.05, 0.1) is 11.7 Å². The van der Waals surface area contributed by atoms with Crippen molar-refractivity contribution in [3.63, 3.8) is 0 Å². The van der Waals surface area contributed by atoms with E-state index in [2.05, 4.69) is 44.4 Å². The molecule has 0 aliphatic heterocycles. The molecule has 0 spiro atoms. The summed E-state index contributed by atoms with van der Waals surface area (Å²) in [5, 5.41) is 10.9. The van der Waals surface area contributed by atoms with E-state index in [1.54, 1.807) is 4.68 Å². The van der Waals surface area contributed by atoms with Crippen LogP contribution in [0.5, 0.6) is 0 Å². The second-order valence-electron chi connectivity index (χ2n) is 6.30. The highest BCUT2D eigenvalue weighted by molar-refractivity contribution is 5.97. The minimum absolute atomic E-state index is 0.883. The number of aromatic amines is 1. The van der Waals surface area contributed by atoms with Gasteiger partial charge in [-0.3, -0.25) is 9.36 Å². The van der Waals surface area contributed by atoms with E-state index in [9.17, 15) is 0 Å². The van der Waals surface area contributed by atoms with Gasteiger partial charge in [0.15, 0.2) is 0 Å². The maximum atomic E-state index is 4.57. The van der Waals surface area contributed by atoms with Crippen molar-refractivity contribution in [1.29, 1.82) is 0 Å². The quantitative estimate of drug-likeness (QED) is 0.539. The summed E-state index contributed by atoms with van der Waals surface area (Å²) < 4.78 is 3.64. The number of nitrogens with zero attached hydrogens (tertiary/aromatic N) is 5. The maximum Gasteiger partial charge on any atom is 0.137 e. The first-order chi connectivity index (χ1) is 12.2. The highest BCUT2D eigenvalue weighted by atomic mass is 15.2. The van der Waals surface area contributed by atoms with Gasteiger partial charge in [0, 0.05) is 66.3 Å². The Balaban J connectivity index is 1.69. The van der Waals surface area contributed by atoms with Gasteiger partial charge in [-0.15, -0.1) is 0 Å². The van der Waals surface area contributed by atoms with E-state index in [1.807, 2.05) is 49.8 Å². The lowest BCUT2D eigenvalue weighted by molar-refractivity contribution is 0.768. The number of H-pyrrole nitrogens is 1. The lowest BCUT2D eigenvalue weighted by Gasteiger charge is -2.02. The van der Waals surface area contributed by atoms with Crippen LogP contribution < -0.4 is 0 Å². The Morgan fingerprint density at radius 2 is 1.84 bits per heavy atom. The SMILES string of the molecule is Cn1cc(-c2cnc3[nH]cc(-c4ccc5nn(C)cc5c4)c3c2)cn1. The van der Waals surface area contributed by atoms with Gasteiger partial charge in [-0.05, 0) is 23.8 Å². The summed E-state index contributed by atoms with van der Waals surface area (Å²) in [6.45, 7) is 0. The lowest BCUT2D eigenvalue weighted by Crippen LogP contribution is -1.84. The molecule has 0 unspecified atom stereocenters. The van der Waals surface area contributed by atoms with Crippen molar-refractivity contribution in [3.8, 4) is 22.3 Å². The second kappa shape index (κ2) is 5.04. The van der Waals surface area contributed by atoms with E-state index in [0.29, 0.717) is 0 Å². The summed E-state index contributed by atoms with van der Waals surface area (Å²) in [4.78, 5) is 7.84. The van der Waals surface area contributed by atoms with Crippen LogP contribution in [0.3, 0.4) is 0 Å². The van der Waals surface area contributed by atoms with Gasteiger partial charge in [0.2, 0.25) is 0 Å². The molecule has 4 heterocycles. The average Bonchev–Trinajstić information content (AvgIpc) is 3.30. The number of nitrogens with one attached hydrogen (secondary N) is 1. The van der Waals surface area contributed by atoms with Gasteiger partial charge in [0.1, 0.15) is 5.65 Å². The first-order valence-electron chi connectivity index (χ1n) is 8.07. The van der Waals surface area contributed by atoms with E-state index in [1.165, 1.54) is 0 Å². The summed E-state index contributed by atoms with van der Waals surface area (Å²) in [6, 6.07) is 8.50. The molecule has 0 fully saturated rings. The number of benzene rings is 1. The number of hydrogen-bond donors (Lipinski definition) is 1. The Kier molecular flexibility index (Phi) is 2.82. The van der Waals surface area contributed by atoms with Crippen molar-refractivity contribution < 1.29 is 0 Å². The van der Waals surface area contributed by atoms with Crippen LogP contribution in [0.15, 0.2) is 55.2 Å². The molecule has 6 nitrogen and oxygen atoms in total. The zero-order valence-electron chi connectivity index (χ0n) is 13.9. The molecule has 0 radical (unpaired) electrons. The standard InChI is InChI=1S/C19H16N6/c1-24-11-15(8-22-24)13-6-16-17(9-21-19(16)20-7-13)12-3-4-18-14(5-12)10-25(2)23-18/h3-11H,1-2H3,(H,20,21). The molecule has 0 saturated heterocycles. The van der Waals surface area contributed by atoms with Gasteiger partial charge < -0.3 is 4.98 Å². The van der Waals surface area contributed by atoms with Crippen LogP contribution in [0.1, 0.15) is 0 Å². The Bertz CT molecular complexity index is 1220.